The first-order chi connectivity index (χ1) is 10.5. The van der Waals surface area contributed by atoms with Crippen molar-refractivity contribution < 1.29 is 4.74 Å². The van der Waals surface area contributed by atoms with Crippen LogP contribution in [0.5, 0.6) is 0 Å². The standard InChI is InChI=1S/C18H27N3O/c1-12-8-16(19)9-20-18(12)15-4-6-17(7-5-15)21-10-13(2)22-14(3)11-21/h4,8-9,13-14,17H,5-7,10-11,19H2,1-3H3/t13-,14+,17?. The van der Waals surface area contributed by atoms with Crippen LogP contribution in [-0.4, -0.2) is 41.2 Å². The number of rotatable bonds is 2. The van der Waals surface area contributed by atoms with Crippen LogP contribution in [0.3, 0.4) is 0 Å². The van der Waals surface area contributed by atoms with Crippen LogP contribution in [0.25, 0.3) is 5.57 Å². The summed E-state index contributed by atoms with van der Waals surface area (Å²) in [6, 6.07) is 2.66. The van der Waals surface area contributed by atoms with E-state index >= 15 is 0 Å². The molecule has 0 spiro atoms. The third-order valence-electron chi connectivity index (χ3n) is 4.75. The molecule has 1 fully saturated rings. The molecule has 0 bridgehead atoms. The molecule has 120 valence electrons. The van der Waals surface area contributed by atoms with Crippen molar-refractivity contribution >= 4 is 11.3 Å². The van der Waals surface area contributed by atoms with Crippen LogP contribution in [0, 0.1) is 6.92 Å². The minimum atomic E-state index is 0.343. The highest BCUT2D eigenvalue weighted by Crippen LogP contribution is 2.31. The van der Waals surface area contributed by atoms with Crippen molar-refractivity contribution in [3.8, 4) is 0 Å². The average molecular weight is 301 g/mol. The van der Waals surface area contributed by atoms with Crippen LogP contribution >= 0.6 is 0 Å². The van der Waals surface area contributed by atoms with Gasteiger partial charge in [0, 0.05) is 19.1 Å². The third kappa shape index (κ3) is 3.33. The van der Waals surface area contributed by atoms with E-state index in [1.807, 2.05) is 6.07 Å². The van der Waals surface area contributed by atoms with Gasteiger partial charge in [0.2, 0.25) is 0 Å². The number of anilines is 1. The van der Waals surface area contributed by atoms with Gasteiger partial charge in [-0.15, -0.1) is 0 Å². The SMILES string of the molecule is Cc1cc(N)cnc1C1=CCC(N2C[C@@H](C)O[C@@H](C)C2)CC1. The van der Waals surface area contributed by atoms with E-state index in [0.29, 0.717) is 18.2 Å². The summed E-state index contributed by atoms with van der Waals surface area (Å²) in [5, 5.41) is 0. The van der Waals surface area contributed by atoms with Crippen LogP contribution in [0.1, 0.15) is 44.4 Å². The zero-order valence-electron chi connectivity index (χ0n) is 13.9. The number of ether oxygens (including phenoxy) is 1. The van der Waals surface area contributed by atoms with Gasteiger partial charge in [-0.2, -0.15) is 0 Å². The number of allylic oxidation sites excluding steroid dienone is 1. The second-order valence-electron chi connectivity index (χ2n) is 6.80. The molecule has 1 aromatic heterocycles. The smallest absolute Gasteiger partial charge is 0.0689 e. The molecule has 1 saturated heterocycles. The second kappa shape index (κ2) is 6.39. The van der Waals surface area contributed by atoms with E-state index in [0.717, 1.165) is 37.3 Å². The molecule has 0 saturated carbocycles. The molecule has 2 heterocycles. The van der Waals surface area contributed by atoms with E-state index in [9.17, 15) is 0 Å². The summed E-state index contributed by atoms with van der Waals surface area (Å²) in [7, 11) is 0. The van der Waals surface area contributed by atoms with Gasteiger partial charge in [0.25, 0.3) is 0 Å². The zero-order chi connectivity index (χ0) is 15.7. The largest absolute Gasteiger partial charge is 0.397 e. The lowest BCUT2D eigenvalue weighted by molar-refractivity contribution is -0.0810. The number of pyridine rings is 1. The quantitative estimate of drug-likeness (QED) is 0.912. The second-order valence-corrected chi connectivity index (χ2v) is 6.80. The van der Waals surface area contributed by atoms with Crippen molar-refractivity contribution in [1.82, 2.24) is 9.88 Å². The Kier molecular flexibility index (Phi) is 4.50. The molecular formula is C18H27N3O. The van der Waals surface area contributed by atoms with E-state index in [1.54, 1.807) is 6.20 Å². The van der Waals surface area contributed by atoms with Gasteiger partial charge in [-0.1, -0.05) is 6.08 Å². The molecule has 2 N–H and O–H groups in total. The molecule has 22 heavy (non-hydrogen) atoms. The van der Waals surface area contributed by atoms with Crippen molar-refractivity contribution in [2.45, 2.75) is 58.3 Å². The number of aromatic nitrogens is 1. The van der Waals surface area contributed by atoms with E-state index in [1.165, 1.54) is 17.6 Å². The molecule has 3 rings (SSSR count). The Morgan fingerprint density at radius 2 is 2.00 bits per heavy atom. The lowest BCUT2D eigenvalue weighted by Crippen LogP contribution is -2.50. The molecule has 1 aromatic rings. The number of nitrogens with two attached hydrogens (primary N) is 1. The Morgan fingerprint density at radius 3 is 2.59 bits per heavy atom. The maximum atomic E-state index is 5.85. The topological polar surface area (TPSA) is 51.4 Å². The molecule has 3 atom stereocenters. The fraction of sp³-hybridized carbons (Fsp3) is 0.611. The van der Waals surface area contributed by atoms with Gasteiger partial charge >= 0.3 is 0 Å². The minimum absolute atomic E-state index is 0.343. The molecule has 1 aliphatic carbocycles. The first-order valence-electron chi connectivity index (χ1n) is 8.34. The summed E-state index contributed by atoms with van der Waals surface area (Å²) < 4.78 is 5.85. The van der Waals surface area contributed by atoms with E-state index in [4.69, 9.17) is 10.5 Å². The molecule has 4 heteroatoms. The molecule has 2 aliphatic rings. The number of nitrogen functional groups attached to an aromatic ring is 1. The zero-order valence-corrected chi connectivity index (χ0v) is 13.9. The van der Waals surface area contributed by atoms with Crippen molar-refractivity contribution in [2.75, 3.05) is 18.8 Å². The Balaban J connectivity index is 1.69. The van der Waals surface area contributed by atoms with Crippen molar-refractivity contribution in [2.24, 2.45) is 0 Å². The number of aryl methyl sites for hydroxylation is 1. The monoisotopic (exact) mass is 301 g/mol. The summed E-state index contributed by atoms with van der Waals surface area (Å²) in [6.45, 7) is 8.55. The van der Waals surface area contributed by atoms with E-state index < -0.39 is 0 Å². The van der Waals surface area contributed by atoms with E-state index in [2.05, 4.69) is 36.7 Å². The molecule has 1 unspecified atom stereocenters. The average Bonchev–Trinajstić information content (AvgIpc) is 2.46. The van der Waals surface area contributed by atoms with Gasteiger partial charge in [0.05, 0.1) is 29.8 Å². The summed E-state index contributed by atoms with van der Waals surface area (Å²) >= 11 is 0. The van der Waals surface area contributed by atoms with Gasteiger partial charge in [-0.25, -0.2) is 0 Å². The van der Waals surface area contributed by atoms with Gasteiger partial charge in [0.15, 0.2) is 0 Å². The lowest BCUT2D eigenvalue weighted by atomic mass is 9.90. The number of hydrogen-bond acceptors (Lipinski definition) is 4. The highest BCUT2D eigenvalue weighted by molar-refractivity contribution is 5.67. The number of nitrogens with zero attached hydrogens (tertiary/aromatic N) is 2. The molecule has 0 radical (unpaired) electrons. The van der Waals surface area contributed by atoms with Crippen molar-refractivity contribution in [3.05, 3.63) is 29.6 Å². The Bertz CT molecular complexity index is 559. The number of morpholine rings is 1. The summed E-state index contributed by atoms with van der Waals surface area (Å²) in [5.41, 5.74) is 10.2. The Morgan fingerprint density at radius 1 is 1.27 bits per heavy atom. The first kappa shape index (κ1) is 15.5. The summed E-state index contributed by atoms with van der Waals surface area (Å²) in [6.07, 6.45) is 8.25. The fourth-order valence-electron chi connectivity index (χ4n) is 3.82. The highest BCUT2D eigenvalue weighted by Gasteiger charge is 2.29. The number of hydrogen-bond donors (Lipinski definition) is 1. The predicted octanol–water partition coefficient (Wildman–Crippen LogP) is 3.02. The molecule has 0 aromatic carbocycles. The summed E-state index contributed by atoms with van der Waals surface area (Å²) in [5.74, 6) is 0. The normalized spacial score (nSPS) is 30.1. The Hall–Kier alpha value is -1.39. The highest BCUT2D eigenvalue weighted by atomic mass is 16.5. The molecule has 1 aliphatic heterocycles. The van der Waals surface area contributed by atoms with Crippen molar-refractivity contribution in [1.29, 1.82) is 0 Å². The maximum Gasteiger partial charge on any atom is 0.0689 e. The lowest BCUT2D eigenvalue weighted by Gasteiger charge is -2.41. The van der Waals surface area contributed by atoms with Crippen LogP contribution < -0.4 is 5.73 Å². The first-order valence-corrected chi connectivity index (χ1v) is 8.34. The van der Waals surface area contributed by atoms with Gasteiger partial charge in [0.1, 0.15) is 0 Å². The predicted molar refractivity (Wildman–Crippen MR) is 90.6 cm³/mol. The molecular weight excluding hydrogens is 274 g/mol. The molecule has 4 nitrogen and oxygen atoms in total. The van der Waals surface area contributed by atoms with Crippen LogP contribution in [0.2, 0.25) is 0 Å². The fourth-order valence-corrected chi connectivity index (χ4v) is 3.82. The van der Waals surface area contributed by atoms with E-state index in [-0.39, 0.29) is 0 Å². The minimum Gasteiger partial charge on any atom is -0.397 e. The maximum absolute atomic E-state index is 5.85. The van der Waals surface area contributed by atoms with Gasteiger partial charge in [-0.3, -0.25) is 9.88 Å². The van der Waals surface area contributed by atoms with Crippen LogP contribution in [-0.2, 0) is 4.74 Å². The molecule has 0 amide bonds. The van der Waals surface area contributed by atoms with Gasteiger partial charge in [-0.05, 0) is 57.2 Å². The van der Waals surface area contributed by atoms with Crippen LogP contribution in [0.15, 0.2) is 18.3 Å². The third-order valence-corrected chi connectivity index (χ3v) is 4.75. The van der Waals surface area contributed by atoms with Gasteiger partial charge < -0.3 is 10.5 Å². The van der Waals surface area contributed by atoms with Crippen molar-refractivity contribution in [3.63, 3.8) is 0 Å². The van der Waals surface area contributed by atoms with Crippen LogP contribution in [0.4, 0.5) is 5.69 Å². The summed E-state index contributed by atoms with van der Waals surface area (Å²) in [4.78, 5) is 7.14. The Labute approximate surface area is 133 Å².